The number of ketones is 1. The van der Waals surface area contributed by atoms with Gasteiger partial charge in [-0.3, -0.25) is 14.9 Å². The summed E-state index contributed by atoms with van der Waals surface area (Å²) in [5, 5.41) is 12.4. The van der Waals surface area contributed by atoms with Crippen LogP contribution in [0.4, 0.5) is 0 Å². The van der Waals surface area contributed by atoms with Crippen LogP contribution in [0.25, 0.3) is 33.4 Å². The Morgan fingerprint density at radius 3 is 2.72 bits per heavy atom. The molecule has 164 valence electrons. The molecule has 1 fully saturated rings. The van der Waals surface area contributed by atoms with Gasteiger partial charge < -0.3 is 0 Å². The number of benzene rings is 1. The molecular weight excluding hydrogens is 430 g/mol. The van der Waals surface area contributed by atoms with Crippen molar-refractivity contribution >= 4 is 26.7 Å². The highest BCUT2D eigenvalue weighted by atomic mass is 32.2. The van der Waals surface area contributed by atoms with Crippen LogP contribution in [0, 0.1) is 0 Å². The Morgan fingerprint density at radius 1 is 1.22 bits per heavy atom. The normalized spacial score (nSPS) is 16.2. The first-order valence-corrected chi connectivity index (χ1v) is 11.9. The molecule has 0 radical (unpaired) electrons. The minimum Gasteiger partial charge on any atom is -0.300 e. The fourth-order valence-corrected chi connectivity index (χ4v) is 5.15. The molecule has 1 aromatic carbocycles. The second-order valence-electron chi connectivity index (χ2n) is 8.23. The predicted molar refractivity (Wildman–Crippen MR) is 118 cm³/mol. The third-order valence-electron chi connectivity index (χ3n) is 5.76. The smallest absolute Gasteiger partial charge is 0.211 e. The third-order valence-corrected chi connectivity index (χ3v) is 6.96. The van der Waals surface area contributed by atoms with Crippen LogP contribution in [0.1, 0.15) is 13.3 Å². The first kappa shape index (κ1) is 20.5. The molecule has 4 aromatic rings. The third kappa shape index (κ3) is 3.49. The fourth-order valence-electron chi connectivity index (χ4n) is 4.20. The molecule has 5 rings (SSSR count). The number of Topliss-reactive ketones (excluding diaryl/α,β-unsaturated/α-hetero) is 1. The van der Waals surface area contributed by atoms with E-state index in [1.165, 1.54) is 11.2 Å². The monoisotopic (exact) mass is 451 g/mol. The number of fused-ring (bicyclic) bond motifs is 1. The Bertz CT molecular complexity index is 1420. The molecule has 10 nitrogen and oxygen atoms in total. The van der Waals surface area contributed by atoms with Gasteiger partial charge in [-0.2, -0.15) is 14.5 Å². The molecule has 0 unspecified atom stereocenters. The average molecular weight is 452 g/mol. The molecule has 1 N–H and O–H groups in total. The number of aromatic nitrogens is 6. The molecule has 0 atom stereocenters. The highest BCUT2D eigenvalue weighted by Gasteiger charge is 2.50. The Balaban J connectivity index is 1.59. The standard InChI is InChI=1S/C21H21N7O3S/c1-14(29)8-21(11-27(12-21)32(2,30)31)28-13-23-20(26-28)18-6-15(16-9-24-25-10-16)7-19-17(18)4-3-5-22-19/h3-7,9-10,13H,8,11-12H2,1-2H3,(H,24,25). The summed E-state index contributed by atoms with van der Waals surface area (Å²) in [6, 6.07) is 7.77. The summed E-state index contributed by atoms with van der Waals surface area (Å²) >= 11 is 0. The number of carbonyl (C=O) groups is 1. The first-order chi connectivity index (χ1) is 15.2. The van der Waals surface area contributed by atoms with Crippen molar-refractivity contribution in [3.63, 3.8) is 0 Å². The van der Waals surface area contributed by atoms with Crippen LogP contribution in [0.2, 0.25) is 0 Å². The number of hydrogen-bond acceptors (Lipinski definition) is 7. The minimum absolute atomic E-state index is 0.0354. The van der Waals surface area contributed by atoms with Crippen LogP contribution in [-0.4, -0.2) is 67.8 Å². The van der Waals surface area contributed by atoms with Gasteiger partial charge in [0.05, 0.1) is 23.5 Å². The lowest BCUT2D eigenvalue weighted by molar-refractivity contribution is -0.121. The van der Waals surface area contributed by atoms with E-state index in [0.29, 0.717) is 5.82 Å². The van der Waals surface area contributed by atoms with Gasteiger partial charge in [0.2, 0.25) is 10.0 Å². The fraction of sp³-hybridized carbons (Fsp3) is 0.286. The van der Waals surface area contributed by atoms with E-state index >= 15 is 0 Å². The summed E-state index contributed by atoms with van der Waals surface area (Å²) in [6.07, 6.45) is 8.18. The second kappa shape index (κ2) is 7.31. The van der Waals surface area contributed by atoms with Crippen molar-refractivity contribution in [1.82, 2.24) is 34.3 Å². The van der Waals surface area contributed by atoms with Crippen molar-refractivity contribution in [3.8, 4) is 22.5 Å². The molecule has 0 spiro atoms. The van der Waals surface area contributed by atoms with E-state index in [2.05, 4.69) is 20.2 Å². The summed E-state index contributed by atoms with van der Waals surface area (Å²) in [5.74, 6) is 0.445. The minimum atomic E-state index is -3.34. The Morgan fingerprint density at radius 2 is 2.03 bits per heavy atom. The first-order valence-electron chi connectivity index (χ1n) is 10.0. The quantitative estimate of drug-likeness (QED) is 0.474. The molecule has 0 aliphatic carbocycles. The van der Waals surface area contributed by atoms with Crippen LogP contribution in [-0.2, 0) is 20.4 Å². The van der Waals surface area contributed by atoms with Crippen molar-refractivity contribution in [2.45, 2.75) is 18.9 Å². The molecule has 1 aliphatic heterocycles. The molecule has 32 heavy (non-hydrogen) atoms. The van der Waals surface area contributed by atoms with Crippen LogP contribution in [0.5, 0.6) is 0 Å². The lowest BCUT2D eigenvalue weighted by atomic mass is 9.87. The van der Waals surface area contributed by atoms with E-state index in [-0.39, 0.29) is 25.3 Å². The summed E-state index contributed by atoms with van der Waals surface area (Å²) in [7, 11) is -3.34. The maximum atomic E-state index is 12.0. The van der Waals surface area contributed by atoms with Gasteiger partial charge in [-0.15, -0.1) is 0 Å². The van der Waals surface area contributed by atoms with Crippen molar-refractivity contribution in [2.75, 3.05) is 19.3 Å². The molecular formula is C21H21N7O3S. The Labute approximate surface area is 184 Å². The van der Waals surface area contributed by atoms with E-state index in [0.717, 1.165) is 33.8 Å². The van der Waals surface area contributed by atoms with Crippen molar-refractivity contribution in [1.29, 1.82) is 0 Å². The van der Waals surface area contributed by atoms with Gasteiger partial charge in [-0.05, 0) is 30.7 Å². The van der Waals surface area contributed by atoms with E-state index in [9.17, 15) is 13.2 Å². The molecule has 4 heterocycles. The van der Waals surface area contributed by atoms with Gasteiger partial charge in [0.25, 0.3) is 0 Å². The summed E-state index contributed by atoms with van der Waals surface area (Å²) in [4.78, 5) is 21.0. The van der Waals surface area contributed by atoms with Gasteiger partial charge in [0, 0.05) is 48.4 Å². The van der Waals surface area contributed by atoms with Gasteiger partial charge in [-0.1, -0.05) is 6.07 Å². The number of carbonyl (C=O) groups excluding carboxylic acids is 1. The number of sulfonamides is 1. The molecule has 1 aliphatic rings. The second-order valence-corrected chi connectivity index (χ2v) is 10.2. The van der Waals surface area contributed by atoms with Gasteiger partial charge >= 0.3 is 0 Å². The number of rotatable bonds is 6. The lowest BCUT2D eigenvalue weighted by Crippen LogP contribution is -2.64. The van der Waals surface area contributed by atoms with Crippen LogP contribution >= 0.6 is 0 Å². The number of hydrogen-bond donors (Lipinski definition) is 1. The molecule has 1 saturated heterocycles. The zero-order chi connectivity index (χ0) is 22.5. The largest absolute Gasteiger partial charge is 0.300 e. The SMILES string of the molecule is CC(=O)CC1(n2cnc(-c3cc(-c4cn[nH]c4)cc4ncccc34)n2)CN(S(C)(=O)=O)C1. The Kier molecular flexibility index (Phi) is 4.68. The zero-order valence-corrected chi connectivity index (χ0v) is 18.4. The van der Waals surface area contributed by atoms with Crippen molar-refractivity contribution in [2.24, 2.45) is 0 Å². The highest BCUT2D eigenvalue weighted by molar-refractivity contribution is 7.88. The van der Waals surface area contributed by atoms with E-state index in [4.69, 9.17) is 5.10 Å². The summed E-state index contributed by atoms with van der Waals surface area (Å²) < 4.78 is 26.8. The summed E-state index contributed by atoms with van der Waals surface area (Å²) in [6.45, 7) is 1.87. The Hall–Kier alpha value is -3.44. The number of aromatic amines is 1. The molecule has 3 aromatic heterocycles. The summed E-state index contributed by atoms with van der Waals surface area (Å²) in [5.41, 5.74) is 2.68. The van der Waals surface area contributed by atoms with Crippen molar-refractivity contribution < 1.29 is 13.2 Å². The molecule has 0 amide bonds. The number of nitrogens with one attached hydrogen (secondary N) is 1. The average Bonchev–Trinajstić information content (AvgIpc) is 3.41. The number of nitrogens with zero attached hydrogens (tertiary/aromatic N) is 6. The number of pyridine rings is 1. The van der Waals surface area contributed by atoms with Crippen molar-refractivity contribution in [3.05, 3.63) is 49.2 Å². The van der Waals surface area contributed by atoms with Crippen LogP contribution in [0.3, 0.4) is 0 Å². The number of H-pyrrole nitrogens is 1. The van der Waals surface area contributed by atoms with Gasteiger partial charge in [0.15, 0.2) is 5.82 Å². The topological polar surface area (TPSA) is 127 Å². The van der Waals surface area contributed by atoms with Gasteiger partial charge in [0.1, 0.15) is 12.1 Å². The highest BCUT2D eigenvalue weighted by Crippen LogP contribution is 2.36. The van der Waals surface area contributed by atoms with Crippen LogP contribution in [0.15, 0.2) is 49.2 Å². The van der Waals surface area contributed by atoms with E-state index in [1.807, 2.05) is 24.3 Å². The van der Waals surface area contributed by atoms with E-state index < -0.39 is 15.6 Å². The molecule has 0 saturated carbocycles. The lowest BCUT2D eigenvalue weighted by Gasteiger charge is -2.47. The predicted octanol–water partition coefficient (Wildman–Crippen LogP) is 1.83. The maximum Gasteiger partial charge on any atom is 0.211 e. The van der Waals surface area contributed by atoms with E-state index in [1.54, 1.807) is 29.6 Å². The molecule has 0 bridgehead atoms. The maximum absolute atomic E-state index is 12.0. The zero-order valence-electron chi connectivity index (χ0n) is 17.6. The molecule has 11 heteroatoms. The van der Waals surface area contributed by atoms with Crippen LogP contribution < -0.4 is 0 Å². The van der Waals surface area contributed by atoms with Gasteiger partial charge in [-0.25, -0.2) is 18.1 Å².